The SMILES string of the molecule is CC(=O)NC12CC3CC(C1)CC(C(=O)Nc1nnc(C)s1)(C3)C2. The molecule has 4 aliphatic rings. The van der Waals surface area contributed by atoms with Gasteiger partial charge in [0.25, 0.3) is 0 Å². The lowest BCUT2D eigenvalue weighted by atomic mass is 9.46. The van der Waals surface area contributed by atoms with E-state index >= 15 is 0 Å². The van der Waals surface area contributed by atoms with Crippen LogP contribution in [0.5, 0.6) is 0 Å². The van der Waals surface area contributed by atoms with Gasteiger partial charge in [0.1, 0.15) is 5.01 Å². The van der Waals surface area contributed by atoms with E-state index in [9.17, 15) is 9.59 Å². The number of carbonyl (C=O) groups excluding carboxylic acids is 2. The van der Waals surface area contributed by atoms with Crippen molar-refractivity contribution in [3.63, 3.8) is 0 Å². The quantitative estimate of drug-likeness (QED) is 0.888. The largest absolute Gasteiger partial charge is 0.351 e. The van der Waals surface area contributed by atoms with Crippen molar-refractivity contribution in [2.24, 2.45) is 17.3 Å². The fourth-order valence-corrected chi connectivity index (χ4v) is 6.21. The van der Waals surface area contributed by atoms with Crippen LogP contribution in [0.25, 0.3) is 0 Å². The molecule has 0 saturated heterocycles. The maximum atomic E-state index is 13.0. The van der Waals surface area contributed by atoms with Gasteiger partial charge in [0, 0.05) is 12.5 Å². The summed E-state index contributed by atoms with van der Waals surface area (Å²) in [5.74, 6) is 1.18. The topological polar surface area (TPSA) is 84.0 Å². The second-order valence-electron chi connectivity index (χ2n) is 7.78. The number of aryl methyl sites for hydroxylation is 1. The van der Waals surface area contributed by atoms with Crippen LogP contribution in [0, 0.1) is 24.2 Å². The van der Waals surface area contributed by atoms with E-state index in [2.05, 4.69) is 20.8 Å². The number of amides is 2. The molecule has 0 aliphatic heterocycles. The van der Waals surface area contributed by atoms with Crippen LogP contribution < -0.4 is 10.6 Å². The summed E-state index contributed by atoms with van der Waals surface area (Å²) < 4.78 is 0. The average Bonchev–Trinajstić information content (AvgIpc) is 2.81. The Labute approximate surface area is 139 Å². The van der Waals surface area contributed by atoms with Gasteiger partial charge in [-0.1, -0.05) is 11.3 Å². The Morgan fingerprint density at radius 1 is 1.17 bits per heavy atom. The predicted octanol–water partition coefficient (Wildman–Crippen LogP) is 2.26. The minimum absolute atomic E-state index is 0.0160. The maximum absolute atomic E-state index is 13.0. The maximum Gasteiger partial charge on any atom is 0.232 e. The molecule has 1 aromatic heterocycles. The lowest BCUT2D eigenvalue weighted by molar-refractivity contribution is -0.148. The minimum atomic E-state index is -0.355. The van der Waals surface area contributed by atoms with Crippen LogP contribution in [-0.2, 0) is 9.59 Å². The summed E-state index contributed by atoms with van der Waals surface area (Å²) in [5, 5.41) is 15.6. The second-order valence-corrected chi connectivity index (χ2v) is 8.96. The number of carbonyl (C=O) groups is 2. The van der Waals surface area contributed by atoms with Crippen LogP contribution >= 0.6 is 11.3 Å². The zero-order chi connectivity index (χ0) is 16.2. The highest BCUT2D eigenvalue weighted by atomic mass is 32.1. The van der Waals surface area contributed by atoms with Gasteiger partial charge >= 0.3 is 0 Å². The lowest BCUT2D eigenvalue weighted by Crippen LogP contribution is -2.65. The van der Waals surface area contributed by atoms with Crippen LogP contribution in [0.2, 0.25) is 0 Å². The average molecular weight is 334 g/mol. The highest BCUT2D eigenvalue weighted by molar-refractivity contribution is 7.15. The van der Waals surface area contributed by atoms with E-state index < -0.39 is 0 Å². The Bertz CT molecular complexity index is 657. The number of hydrogen-bond donors (Lipinski definition) is 2. The molecule has 4 saturated carbocycles. The van der Waals surface area contributed by atoms with E-state index in [1.807, 2.05) is 6.92 Å². The van der Waals surface area contributed by atoms with E-state index in [1.165, 1.54) is 17.8 Å². The van der Waals surface area contributed by atoms with Crippen LogP contribution in [0.3, 0.4) is 0 Å². The molecular weight excluding hydrogens is 312 g/mol. The van der Waals surface area contributed by atoms with E-state index in [4.69, 9.17) is 0 Å². The highest BCUT2D eigenvalue weighted by Crippen LogP contribution is 2.61. The normalized spacial score (nSPS) is 37.7. The summed E-state index contributed by atoms with van der Waals surface area (Å²) in [5.41, 5.74) is -0.531. The van der Waals surface area contributed by atoms with Crippen molar-refractivity contribution in [1.82, 2.24) is 15.5 Å². The van der Waals surface area contributed by atoms with Crippen molar-refractivity contribution in [3.8, 4) is 0 Å². The van der Waals surface area contributed by atoms with Crippen LogP contribution in [0.15, 0.2) is 0 Å². The summed E-state index contributed by atoms with van der Waals surface area (Å²) in [6, 6.07) is 0. The molecule has 5 rings (SSSR count). The van der Waals surface area contributed by atoms with E-state index in [1.54, 1.807) is 6.92 Å². The van der Waals surface area contributed by atoms with Gasteiger partial charge in [-0.15, -0.1) is 10.2 Å². The Hall–Kier alpha value is -1.50. The van der Waals surface area contributed by atoms with Crippen molar-refractivity contribution in [2.45, 2.75) is 57.9 Å². The molecule has 0 spiro atoms. The van der Waals surface area contributed by atoms with Crippen molar-refractivity contribution in [2.75, 3.05) is 5.32 Å². The molecule has 4 fully saturated rings. The molecule has 2 atom stereocenters. The van der Waals surface area contributed by atoms with Crippen LogP contribution in [0.4, 0.5) is 5.13 Å². The third-order valence-electron chi connectivity index (χ3n) is 5.73. The number of hydrogen-bond acceptors (Lipinski definition) is 5. The summed E-state index contributed by atoms with van der Waals surface area (Å²) in [6.07, 6.45) is 5.89. The van der Waals surface area contributed by atoms with Crippen molar-refractivity contribution in [3.05, 3.63) is 5.01 Å². The molecule has 2 unspecified atom stereocenters. The van der Waals surface area contributed by atoms with Crippen molar-refractivity contribution < 1.29 is 9.59 Å². The zero-order valence-electron chi connectivity index (χ0n) is 13.5. The van der Waals surface area contributed by atoms with E-state index in [-0.39, 0.29) is 22.8 Å². The molecule has 0 radical (unpaired) electrons. The van der Waals surface area contributed by atoms with Gasteiger partial charge in [-0.3, -0.25) is 9.59 Å². The van der Waals surface area contributed by atoms with Crippen molar-refractivity contribution in [1.29, 1.82) is 0 Å². The van der Waals surface area contributed by atoms with E-state index in [0.29, 0.717) is 17.0 Å². The smallest absolute Gasteiger partial charge is 0.232 e. The molecule has 2 amide bonds. The second kappa shape index (κ2) is 5.00. The van der Waals surface area contributed by atoms with Crippen molar-refractivity contribution >= 4 is 28.3 Å². The minimum Gasteiger partial charge on any atom is -0.351 e. The first-order valence-corrected chi connectivity index (χ1v) is 9.10. The number of anilines is 1. The molecule has 2 N–H and O–H groups in total. The molecule has 7 heteroatoms. The molecule has 124 valence electrons. The van der Waals surface area contributed by atoms with Crippen LogP contribution in [-0.4, -0.2) is 27.6 Å². The van der Waals surface area contributed by atoms with Gasteiger partial charge in [-0.2, -0.15) is 0 Å². The Morgan fingerprint density at radius 2 is 1.87 bits per heavy atom. The molecular formula is C16H22N4O2S. The van der Waals surface area contributed by atoms with Gasteiger partial charge < -0.3 is 10.6 Å². The first-order chi connectivity index (χ1) is 10.9. The number of aromatic nitrogens is 2. The molecule has 0 aromatic carbocycles. The van der Waals surface area contributed by atoms with Gasteiger partial charge in [0.2, 0.25) is 16.9 Å². The Kier molecular flexibility index (Phi) is 3.27. The standard InChI is InChI=1S/C16H22N4O2S/c1-9(21)18-16-6-11-3-12(7-16)5-15(4-11,8-16)13(22)17-14-20-19-10(2)23-14/h11-12H,3-8H2,1-2H3,(H,18,21)(H,17,20,22). The Balaban J connectivity index is 1.59. The van der Waals surface area contributed by atoms with Crippen LogP contribution in [0.1, 0.15) is 50.5 Å². The highest BCUT2D eigenvalue weighted by Gasteiger charge is 2.60. The first kappa shape index (κ1) is 15.1. The molecule has 1 aromatic rings. The summed E-state index contributed by atoms with van der Waals surface area (Å²) >= 11 is 1.41. The summed E-state index contributed by atoms with van der Waals surface area (Å²) in [7, 11) is 0. The lowest BCUT2D eigenvalue weighted by Gasteiger charge is -2.61. The molecule has 6 nitrogen and oxygen atoms in total. The fraction of sp³-hybridized carbons (Fsp3) is 0.750. The van der Waals surface area contributed by atoms with Gasteiger partial charge in [0.05, 0.1) is 5.41 Å². The monoisotopic (exact) mass is 334 g/mol. The molecule has 4 aliphatic carbocycles. The van der Waals surface area contributed by atoms with Gasteiger partial charge in [0.15, 0.2) is 0 Å². The summed E-state index contributed by atoms with van der Waals surface area (Å²) in [4.78, 5) is 24.7. The molecule has 23 heavy (non-hydrogen) atoms. The molecule has 4 bridgehead atoms. The number of nitrogens with zero attached hydrogens (tertiary/aromatic N) is 2. The molecule has 1 heterocycles. The number of nitrogens with one attached hydrogen (secondary N) is 2. The number of rotatable bonds is 3. The third kappa shape index (κ3) is 2.55. The predicted molar refractivity (Wildman–Crippen MR) is 86.9 cm³/mol. The fourth-order valence-electron chi connectivity index (χ4n) is 5.62. The van der Waals surface area contributed by atoms with Gasteiger partial charge in [-0.05, 0) is 57.3 Å². The first-order valence-electron chi connectivity index (χ1n) is 8.28. The Morgan fingerprint density at radius 3 is 2.43 bits per heavy atom. The van der Waals surface area contributed by atoms with E-state index in [0.717, 1.165) is 37.1 Å². The summed E-state index contributed by atoms with van der Waals surface area (Å²) in [6.45, 7) is 3.46. The van der Waals surface area contributed by atoms with Gasteiger partial charge in [-0.25, -0.2) is 0 Å². The third-order valence-corrected chi connectivity index (χ3v) is 6.48. The zero-order valence-corrected chi connectivity index (χ0v) is 14.3.